The molecular formula is C17H20ClN3O3. The van der Waals surface area contributed by atoms with Crippen molar-refractivity contribution in [3.63, 3.8) is 0 Å². The third-order valence-electron chi connectivity index (χ3n) is 3.07. The Balaban J connectivity index is 2.06. The van der Waals surface area contributed by atoms with Gasteiger partial charge in [-0.15, -0.1) is 0 Å². The number of ether oxygens (including phenoxy) is 2. The van der Waals surface area contributed by atoms with Crippen LogP contribution in [0, 0.1) is 0 Å². The van der Waals surface area contributed by atoms with Crippen molar-refractivity contribution in [2.24, 2.45) is 5.73 Å². The van der Waals surface area contributed by atoms with Crippen molar-refractivity contribution in [2.45, 2.75) is 13.5 Å². The molecule has 7 heteroatoms. The number of primary amides is 1. The summed E-state index contributed by atoms with van der Waals surface area (Å²) in [5.41, 5.74) is 13.0. The van der Waals surface area contributed by atoms with E-state index in [0.717, 1.165) is 11.3 Å². The largest absolute Gasteiger partial charge is 0.490 e. The number of anilines is 1. The average Bonchev–Trinajstić information content (AvgIpc) is 2.57. The number of hydrogen-bond acceptors (Lipinski definition) is 5. The van der Waals surface area contributed by atoms with Crippen molar-refractivity contribution in [3.05, 3.63) is 53.1 Å². The van der Waals surface area contributed by atoms with E-state index in [9.17, 15) is 4.79 Å². The Kier molecular flexibility index (Phi) is 6.72. The quantitative estimate of drug-likeness (QED) is 0.606. The van der Waals surface area contributed by atoms with E-state index in [1.54, 1.807) is 12.1 Å². The third-order valence-corrected chi connectivity index (χ3v) is 3.42. The number of hydrogen-bond donors (Lipinski definition) is 3. The van der Waals surface area contributed by atoms with E-state index in [4.69, 9.17) is 26.8 Å². The number of carbonyl (C=O) groups excluding carboxylic acids is 1. The molecule has 0 aromatic heterocycles. The number of rotatable bonds is 9. The van der Waals surface area contributed by atoms with E-state index in [1.165, 1.54) is 0 Å². The normalized spacial score (nSPS) is 10.2. The summed E-state index contributed by atoms with van der Waals surface area (Å²) < 4.78 is 10.9. The summed E-state index contributed by atoms with van der Waals surface area (Å²) in [4.78, 5) is 10.9. The van der Waals surface area contributed by atoms with Gasteiger partial charge in [-0.1, -0.05) is 29.8 Å². The zero-order valence-electron chi connectivity index (χ0n) is 13.3. The van der Waals surface area contributed by atoms with E-state index < -0.39 is 5.91 Å². The highest BCUT2D eigenvalue weighted by molar-refractivity contribution is 6.31. The molecule has 0 spiro atoms. The summed E-state index contributed by atoms with van der Waals surface area (Å²) in [6.07, 6.45) is 0. The van der Waals surface area contributed by atoms with Crippen LogP contribution in [0.25, 0.3) is 0 Å². The van der Waals surface area contributed by atoms with Crippen molar-refractivity contribution in [3.8, 4) is 11.5 Å². The predicted octanol–water partition coefficient (Wildman–Crippen LogP) is 2.72. The molecule has 24 heavy (non-hydrogen) atoms. The lowest BCUT2D eigenvalue weighted by molar-refractivity contribution is -0.119. The van der Waals surface area contributed by atoms with Gasteiger partial charge in [-0.2, -0.15) is 0 Å². The van der Waals surface area contributed by atoms with Crippen LogP contribution in [0.2, 0.25) is 5.02 Å². The molecule has 0 fully saturated rings. The van der Waals surface area contributed by atoms with Gasteiger partial charge in [0.05, 0.1) is 6.61 Å². The summed E-state index contributed by atoms with van der Waals surface area (Å²) in [5, 5.41) is 0.500. The highest BCUT2D eigenvalue weighted by Crippen LogP contribution is 2.33. The van der Waals surface area contributed by atoms with Crippen molar-refractivity contribution in [2.75, 3.05) is 18.6 Å². The van der Waals surface area contributed by atoms with Crippen LogP contribution in [0.1, 0.15) is 12.5 Å². The molecule has 2 rings (SSSR count). The number of halogens is 1. The molecule has 0 unspecified atom stereocenters. The van der Waals surface area contributed by atoms with Crippen molar-refractivity contribution in [1.82, 2.24) is 5.43 Å². The average molecular weight is 350 g/mol. The maximum atomic E-state index is 10.9. The standard InChI is InChI=1S/C17H20ClN3O3/c1-2-23-15-8-12(10-20-21-13-6-4-3-5-7-13)14(18)9-16(15)24-11-17(19)22/h3-9,20-21H,2,10-11H2,1H3,(H2,19,22). The number of nitrogens with one attached hydrogen (secondary N) is 2. The maximum absolute atomic E-state index is 10.9. The molecule has 0 radical (unpaired) electrons. The van der Waals surface area contributed by atoms with E-state index >= 15 is 0 Å². The second kappa shape index (κ2) is 9.00. The summed E-state index contributed by atoms with van der Waals surface area (Å²) in [6, 6.07) is 13.1. The van der Waals surface area contributed by atoms with Gasteiger partial charge in [0.15, 0.2) is 18.1 Å². The Morgan fingerprint density at radius 2 is 1.88 bits per heavy atom. The first-order valence-electron chi connectivity index (χ1n) is 7.50. The van der Waals surface area contributed by atoms with E-state index in [0.29, 0.717) is 29.7 Å². The fourth-order valence-electron chi connectivity index (χ4n) is 2.01. The van der Waals surface area contributed by atoms with Crippen LogP contribution in [0.4, 0.5) is 5.69 Å². The lowest BCUT2D eigenvalue weighted by Gasteiger charge is -2.15. The fourth-order valence-corrected chi connectivity index (χ4v) is 2.23. The van der Waals surface area contributed by atoms with Crippen LogP contribution < -0.4 is 26.1 Å². The molecule has 2 aromatic rings. The van der Waals surface area contributed by atoms with Crippen LogP contribution in [0.15, 0.2) is 42.5 Å². The number of para-hydroxylation sites is 1. The van der Waals surface area contributed by atoms with E-state index in [2.05, 4.69) is 10.9 Å². The monoisotopic (exact) mass is 349 g/mol. The van der Waals surface area contributed by atoms with Crippen molar-refractivity contribution < 1.29 is 14.3 Å². The number of amides is 1. The molecule has 6 nitrogen and oxygen atoms in total. The van der Waals surface area contributed by atoms with Gasteiger partial charge in [0.1, 0.15) is 0 Å². The minimum absolute atomic E-state index is 0.233. The van der Waals surface area contributed by atoms with Gasteiger partial charge in [-0.3, -0.25) is 4.79 Å². The minimum atomic E-state index is -0.564. The maximum Gasteiger partial charge on any atom is 0.255 e. The Labute approximate surface area is 145 Å². The van der Waals surface area contributed by atoms with Crippen LogP contribution in [0.5, 0.6) is 11.5 Å². The molecule has 0 saturated heterocycles. The van der Waals surface area contributed by atoms with Crippen molar-refractivity contribution in [1.29, 1.82) is 0 Å². The molecule has 1 amide bonds. The minimum Gasteiger partial charge on any atom is -0.490 e. The molecule has 0 heterocycles. The topological polar surface area (TPSA) is 85.6 Å². The first kappa shape index (κ1) is 17.9. The zero-order chi connectivity index (χ0) is 17.4. The zero-order valence-corrected chi connectivity index (χ0v) is 14.1. The second-order valence-electron chi connectivity index (χ2n) is 4.92. The smallest absolute Gasteiger partial charge is 0.255 e. The number of benzene rings is 2. The van der Waals surface area contributed by atoms with Gasteiger partial charge in [-0.25, -0.2) is 5.43 Å². The molecule has 2 aromatic carbocycles. The van der Waals surface area contributed by atoms with E-state index in [1.807, 2.05) is 37.3 Å². The summed E-state index contributed by atoms with van der Waals surface area (Å²) in [6.45, 7) is 2.57. The summed E-state index contributed by atoms with van der Waals surface area (Å²) in [5.74, 6) is 0.339. The van der Waals surface area contributed by atoms with Crippen LogP contribution in [-0.4, -0.2) is 19.1 Å². The highest BCUT2D eigenvalue weighted by atomic mass is 35.5. The van der Waals surface area contributed by atoms with E-state index in [-0.39, 0.29) is 6.61 Å². The molecule has 128 valence electrons. The first-order valence-corrected chi connectivity index (χ1v) is 7.88. The number of nitrogens with two attached hydrogens (primary N) is 1. The number of hydrazine groups is 1. The lowest BCUT2D eigenvalue weighted by atomic mass is 10.2. The second-order valence-corrected chi connectivity index (χ2v) is 5.33. The lowest BCUT2D eigenvalue weighted by Crippen LogP contribution is -2.21. The first-order chi connectivity index (χ1) is 11.6. The van der Waals surface area contributed by atoms with Gasteiger partial charge in [0.2, 0.25) is 0 Å². The van der Waals surface area contributed by atoms with Gasteiger partial charge in [-0.05, 0) is 30.7 Å². The van der Waals surface area contributed by atoms with Gasteiger partial charge >= 0.3 is 0 Å². The fraction of sp³-hybridized carbons (Fsp3) is 0.235. The SMILES string of the molecule is CCOc1cc(CNNc2ccccc2)c(Cl)cc1OCC(N)=O. The Bertz CT molecular complexity index is 680. The molecule has 0 bridgehead atoms. The van der Waals surface area contributed by atoms with Gasteiger partial charge in [0.25, 0.3) is 5.91 Å². The number of carbonyl (C=O) groups is 1. The van der Waals surface area contributed by atoms with Crippen LogP contribution in [-0.2, 0) is 11.3 Å². The summed E-state index contributed by atoms with van der Waals surface area (Å²) >= 11 is 6.28. The molecule has 0 atom stereocenters. The Hall–Kier alpha value is -2.44. The predicted molar refractivity (Wildman–Crippen MR) is 94.2 cm³/mol. The van der Waals surface area contributed by atoms with Gasteiger partial charge < -0.3 is 20.6 Å². The van der Waals surface area contributed by atoms with Crippen LogP contribution in [0.3, 0.4) is 0 Å². The molecule has 0 aliphatic rings. The molecule has 0 saturated carbocycles. The molecular weight excluding hydrogens is 330 g/mol. The molecule has 4 N–H and O–H groups in total. The van der Waals surface area contributed by atoms with Crippen LogP contribution >= 0.6 is 11.6 Å². The van der Waals surface area contributed by atoms with Gasteiger partial charge in [0, 0.05) is 23.3 Å². The Morgan fingerprint density at radius 1 is 1.17 bits per heavy atom. The third kappa shape index (κ3) is 5.33. The highest BCUT2D eigenvalue weighted by Gasteiger charge is 2.12. The molecule has 0 aliphatic carbocycles. The Morgan fingerprint density at radius 3 is 2.54 bits per heavy atom. The van der Waals surface area contributed by atoms with Crippen molar-refractivity contribution >= 4 is 23.2 Å². The summed E-state index contributed by atoms with van der Waals surface area (Å²) in [7, 11) is 0. The molecule has 0 aliphatic heterocycles.